The molecule has 0 aromatic carbocycles. The first-order valence-electron chi connectivity index (χ1n) is 1.87. The summed E-state index contributed by atoms with van der Waals surface area (Å²) in [6.07, 6.45) is 6.00. The number of hydrogen-bond acceptors (Lipinski definition) is 0. The van der Waals surface area contributed by atoms with Crippen LogP contribution < -0.4 is 0 Å². The van der Waals surface area contributed by atoms with Crippen molar-refractivity contribution in [3.8, 4) is 0 Å². The number of rotatable bonds is 1. The van der Waals surface area contributed by atoms with Gasteiger partial charge in [-0.1, -0.05) is 0 Å². The van der Waals surface area contributed by atoms with Crippen molar-refractivity contribution in [2.75, 3.05) is 0 Å². The molecule has 0 aromatic heterocycles. The minimum Gasteiger partial charge on any atom is -0.147 e. The molecule has 0 aliphatic heterocycles. The van der Waals surface area contributed by atoms with Crippen molar-refractivity contribution in [2.24, 2.45) is 0 Å². The molecule has 0 spiro atoms. The van der Waals surface area contributed by atoms with Crippen LogP contribution in [0.2, 0.25) is 0 Å². The molecule has 0 bridgehead atoms. The Hall–Kier alpha value is 1.06. The molecular formula is C5H10Cl3Ti. The van der Waals surface area contributed by atoms with Crippen molar-refractivity contribution in [1.29, 1.82) is 0 Å². The van der Waals surface area contributed by atoms with Crippen LogP contribution in [-0.4, -0.2) is 0 Å². The third kappa shape index (κ3) is 27.4. The molecule has 0 aromatic rings. The molecule has 0 N–H and O–H groups in total. The van der Waals surface area contributed by atoms with Crippen molar-refractivity contribution in [3.05, 3.63) is 22.6 Å². The molecular weight excluding hydrogens is 214 g/mol. The first-order valence-corrected chi connectivity index (χ1v) is 2.77. The van der Waals surface area contributed by atoms with Crippen LogP contribution in [0.4, 0.5) is 0 Å². The second-order valence-corrected chi connectivity index (χ2v) is 1.41. The van der Waals surface area contributed by atoms with Crippen molar-refractivity contribution in [1.82, 2.24) is 0 Å². The Bertz CT molecular complexity index is 60.6. The van der Waals surface area contributed by atoms with E-state index in [4.69, 9.17) is 0 Å². The molecule has 0 unspecified atom stereocenters. The van der Waals surface area contributed by atoms with E-state index in [9.17, 15) is 0 Å². The molecule has 55 valence electrons. The summed E-state index contributed by atoms with van der Waals surface area (Å²) in [5.41, 5.74) is 0. The van der Waals surface area contributed by atoms with Crippen molar-refractivity contribution < 1.29 is 20.4 Å². The summed E-state index contributed by atoms with van der Waals surface area (Å²) >= 11 is 2.00. The zero-order valence-corrected chi connectivity index (χ0v) is 9.05. The van der Waals surface area contributed by atoms with Gasteiger partial charge in [-0.05, 0) is 0 Å². The quantitative estimate of drug-likeness (QED) is 0.474. The van der Waals surface area contributed by atoms with E-state index in [0.29, 0.717) is 0 Å². The second kappa shape index (κ2) is 23.0. The van der Waals surface area contributed by atoms with E-state index in [1.807, 2.05) is 50.0 Å². The Kier molecular flexibility index (Phi) is 57.4. The van der Waals surface area contributed by atoms with E-state index in [1.54, 1.807) is 0 Å². The molecule has 0 aliphatic carbocycles. The first kappa shape index (κ1) is 22.5. The molecule has 0 saturated carbocycles. The molecule has 0 saturated heterocycles. The summed E-state index contributed by atoms with van der Waals surface area (Å²) in [5, 5.41) is 0. The summed E-state index contributed by atoms with van der Waals surface area (Å²) in [7, 11) is 0. The van der Waals surface area contributed by atoms with Crippen LogP contribution in [0.25, 0.3) is 0 Å². The zero-order chi connectivity index (χ0) is 4.83. The minimum atomic E-state index is 0. The number of allylic oxidation sites excluding steroid dienone is 3. The summed E-state index contributed by atoms with van der Waals surface area (Å²) in [6, 6.07) is 0. The van der Waals surface area contributed by atoms with Crippen LogP contribution in [-0.2, 0) is 20.4 Å². The third-order valence-electron chi connectivity index (χ3n) is 0.400. The number of halogens is 3. The van der Waals surface area contributed by atoms with Gasteiger partial charge < -0.3 is 0 Å². The minimum absolute atomic E-state index is 0. The fourth-order valence-corrected chi connectivity index (χ4v) is 0.340. The standard InChI is InChI=1S/C5H7.3ClH.Ti/c1-3-5-4-2;;;;/h1,3-5H,2H3;3*1H;. The maximum Gasteiger partial charge on any atom is -0.147 e. The van der Waals surface area contributed by atoms with Crippen LogP contribution in [0.5, 0.6) is 0 Å². The molecule has 0 fully saturated rings. The molecule has 0 amide bonds. The predicted octanol–water partition coefficient (Wildman–Crippen LogP) is 2.89. The number of hydrogen-bond donors (Lipinski definition) is 0. The first-order chi connectivity index (χ1) is 2.91. The Morgan fingerprint density at radius 3 is 1.56 bits per heavy atom. The summed E-state index contributed by atoms with van der Waals surface area (Å²) in [6.45, 7) is 2.00. The Morgan fingerprint density at radius 2 is 1.44 bits per heavy atom. The van der Waals surface area contributed by atoms with Gasteiger partial charge in [0.2, 0.25) is 0 Å². The molecule has 0 aliphatic rings. The summed E-state index contributed by atoms with van der Waals surface area (Å²) < 4.78 is 2.00. The van der Waals surface area contributed by atoms with Crippen LogP contribution in [0.1, 0.15) is 6.92 Å². The average molecular weight is 224 g/mol. The van der Waals surface area contributed by atoms with Crippen LogP contribution in [0.3, 0.4) is 0 Å². The Morgan fingerprint density at radius 1 is 1.00 bits per heavy atom. The van der Waals surface area contributed by atoms with E-state index in [1.165, 1.54) is 0 Å². The SMILES string of the molecule is CC=CC=[CH][Ti].Cl.Cl.Cl. The molecule has 9 heavy (non-hydrogen) atoms. The van der Waals surface area contributed by atoms with Crippen LogP contribution >= 0.6 is 37.2 Å². The van der Waals surface area contributed by atoms with Crippen molar-refractivity contribution in [3.63, 3.8) is 0 Å². The molecule has 0 nitrogen and oxygen atoms in total. The Labute approximate surface area is 86.8 Å². The van der Waals surface area contributed by atoms with E-state index in [2.05, 4.69) is 0 Å². The topological polar surface area (TPSA) is 0 Å². The smallest absolute Gasteiger partial charge is 0.147 e. The maximum atomic E-state index is 2.00. The van der Waals surface area contributed by atoms with Gasteiger partial charge in [-0.2, -0.15) is 0 Å². The summed E-state index contributed by atoms with van der Waals surface area (Å²) in [4.78, 5) is 0. The third-order valence-corrected chi connectivity index (χ3v) is 0.700. The van der Waals surface area contributed by atoms with E-state index >= 15 is 0 Å². The normalized spacial score (nSPS) is 7.56. The molecule has 0 radical (unpaired) electrons. The van der Waals surface area contributed by atoms with Gasteiger partial charge in [0.25, 0.3) is 0 Å². The van der Waals surface area contributed by atoms with E-state index in [0.717, 1.165) is 0 Å². The maximum absolute atomic E-state index is 2.00. The zero-order valence-electron chi connectivity index (χ0n) is 5.03. The molecule has 0 rings (SSSR count). The largest absolute Gasteiger partial charge is 0.147 e. The monoisotopic (exact) mass is 223 g/mol. The van der Waals surface area contributed by atoms with Gasteiger partial charge in [-0.15, -0.1) is 37.2 Å². The van der Waals surface area contributed by atoms with E-state index < -0.39 is 0 Å². The molecule has 0 atom stereocenters. The second-order valence-electron chi connectivity index (χ2n) is 0.885. The molecule has 0 heterocycles. The van der Waals surface area contributed by atoms with Crippen LogP contribution in [0, 0.1) is 0 Å². The van der Waals surface area contributed by atoms with Gasteiger partial charge >= 0.3 is 50.0 Å². The van der Waals surface area contributed by atoms with Gasteiger partial charge in [0.05, 0.1) is 0 Å². The summed E-state index contributed by atoms with van der Waals surface area (Å²) in [5.74, 6) is 0. The van der Waals surface area contributed by atoms with E-state index in [-0.39, 0.29) is 37.2 Å². The van der Waals surface area contributed by atoms with Crippen molar-refractivity contribution >= 4 is 37.2 Å². The van der Waals surface area contributed by atoms with Gasteiger partial charge in [0.1, 0.15) is 0 Å². The van der Waals surface area contributed by atoms with Crippen molar-refractivity contribution in [2.45, 2.75) is 6.92 Å². The fourth-order valence-electron chi connectivity index (χ4n) is 0.167. The van der Waals surface area contributed by atoms with Gasteiger partial charge in [0.15, 0.2) is 0 Å². The van der Waals surface area contributed by atoms with Crippen LogP contribution in [0.15, 0.2) is 22.6 Å². The van der Waals surface area contributed by atoms with Gasteiger partial charge in [-0.25, -0.2) is 0 Å². The van der Waals surface area contributed by atoms with Gasteiger partial charge in [-0.3, -0.25) is 0 Å². The predicted molar refractivity (Wildman–Crippen MR) is 45.7 cm³/mol. The average Bonchev–Trinajstić information content (AvgIpc) is 1.61. The van der Waals surface area contributed by atoms with Gasteiger partial charge in [0, 0.05) is 0 Å². The fraction of sp³-hybridized carbons (Fsp3) is 0.200. The molecule has 4 heteroatoms. The Balaban J connectivity index is -0.0000000417.